The molecule has 0 unspecified atom stereocenters. The van der Waals surface area contributed by atoms with Crippen LogP contribution in [0.15, 0.2) is 41.3 Å². The van der Waals surface area contributed by atoms with Crippen molar-refractivity contribution >= 4 is 16.9 Å². The second-order valence-corrected chi connectivity index (χ2v) is 7.11. The van der Waals surface area contributed by atoms with Crippen LogP contribution >= 0.6 is 0 Å². The molecule has 3 aromatic rings. The summed E-state index contributed by atoms with van der Waals surface area (Å²) in [4.78, 5) is 27.4. The van der Waals surface area contributed by atoms with E-state index in [1.807, 2.05) is 35.2 Å². The molecule has 8 heteroatoms. The van der Waals surface area contributed by atoms with Crippen LogP contribution in [0.2, 0.25) is 0 Å². The van der Waals surface area contributed by atoms with Gasteiger partial charge in [-0.15, -0.1) is 5.10 Å². The fourth-order valence-electron chi connectivity index (χ4n) is 3.85. The minimum absolute atomic E-state index is 0.0964. The Hall–Kier alpha value is -3.03. The number of benzene rings is 1. The molecule has 1 fully saturated rings. The molecule has 1 aliphatic heterocycles. The van der Waals surface area contributed by atoms with Crippen LogP contribution in [-0.2, 0) is 11.3 Å². The van der Waals surface area contributed by atoms with E-state index in [1.165, 1.54) is 6.20 Å². The van der Waals surface area contributed by atoms with Gasteiger partial charge in [0, 0.05) is 12.1 Å². The predicted molar refractivity (Wildman–Crippen MR) is 101 cm³/mol. The van der Waals surface area contributed by atoms with Crippen molar-refractivity contribution in [1.29, 1.82) is 0 Å². The van der Waals surface area contributed by atoms with E-state index in [9.17, 15) is 9.59 Å². The topological polar surface area (TPSA) is 85.9 Å². The highest BCUT2D eigenvalue weighted by atomic mass is 16.2. The van der Waals surface area contributed by atoms with Crippen molar-refractivity contribution in [3.05, 3.63) is 46.9 Å². The van der Waals surface area contributed by atoms with Crippen LogP contribution in [-0.4, -0.2) is 47.7 Å². The van der Waals surface area contributed by atoms with E-state index < -0.39 is 0 Å². The summed E-state index contributed by atoms with van der Waals surface area (Å²) in [5.74, 6) is -0.0964. The van der Waals surface area contributed by atoms with Gasteiger partial charge < -0.3 is 4.90 Å². The summed E-state index contributed by atoms with van der Waals surface area (Å²) in [5, 5.41) is 12.8. The summed E-state index contributed by atoms with van der Waals surface area (Å²) in [7, 11) is 0. The molecule has 1 amide bonds. The number of amides is 1. The molecular formula is C19H22N6O2. The van der Waals surface area contributed by atoms with Crippen molar-refractivity contribution in [3.63, 3.8) is 0 Å². The van der Waals surface area contributed by atoms with Gasteiger partial charge in [0.15, 0.2) is 5.65 Å². The largest absolute Gasteiger partial charge is 0.336 e. The number of hydrogen-bond acceptors (Lipinski definition) is 5. The average molecular weight is 366 g/mol. The fraction of sp³-hybridized carbons (Fsp3) is 0.421. The molecule has 0 spiro atoms. The Morgan fingerprint density at radius 1 is 1.15 bits per heavy atom. The minimum atomic E-state index is -0.354. The smallest absolute Gasteiger partial charge is 0.281 e. The summed E-state index contributed by atoms with van der Waals surface area (Å²) in [6, 6.07) is 9.78. The molecule has 4 rings (SSSR count). The monoisotopic (exact) mass is 366 g/mol. The number of carbonyl (C=O) groups is 1. The Bertz CT molecular complexity index is 1020. The molecule has 2 aromatic heterocycles. The van der Waals surface area contributed by atoms with Crippen molar-refractivity contribution in [2.75, 3.05) is 0 Å². The molecule has 1 aromatic carbocycles. The molecule has 0 bridgehead atoms. The maximum atomic E-state index is 12.8. The van der Waals surface area contributed by atoms with E-state index >= 15 is 0 Å². The van der Waals surface area contributed by atoms with Crippen molar-refractivity contribution in [2.45, 2.75) is 51.7 Å². The highest BCUT2D eigenvalue weighted by molar-refractivity contribution is 5.78. The molecule has 0 saturated carbocycles. The van der Waals surface area contributed by atoms with Crippen LogP contribution in [0, 0.1) is 0 Å². The molecule has 3 heterocycles. The highest BCUT2D eigenvalue weighted by Gasteiger charge is 2.29. The summed E-state index contributed by atoms with van der Waals surface area (Å²) < 4.78 is 2.71. The normalized spacial score (nSPS) is 20.1. The summed E-state index contributed by atoms with van der Waals surface area (Å²) in [5.41, 5.74) is 0.827. The van der Waals surface area contributed by atoms with Gasteiger partial charge in [0.25, 0.3) is 5.56 Å². The first-order valence-electron chi connectivity index (χ1n) is 9.24. The van der Waals surface area contributed by atoms with Gasteiger partial charge in [0.1, 0.15) is 11.9 Å². The second-order valence-electron chi connectivity index (χ2n) is 7.11. The van der Waals surface area contributed by atoms with Crippen LogP contribution in [0.1, 0.15) is 33.1 Å². The standard InChI is InChI=1S/C19H22N6O2/c1-13-7-6-8-14(2)24(13)17(26)12-23-19(27)16-11-20-25(18(16)21-22-23)15-9-4-3-5-10-15/h3-5,9-11,13-14H,6-8,12H2,1-2H3/t13-,14-/m0/s1. The fourth-order valence-corrected chi connectivity index (χ4v) is 3.85. The van der Waals surface area contributed by atoms with Gasteiger partial charge in [-0.05, 0) is 45.2 Å². The Balaban J connectivity index is 1.65. The quantitative estimate of drug-likeness (QED) is 0.705. The number of carbonyl (C=O) groups excluding carboxylic acids is 1. The van der Waals surface area contributed by atoms with Gasteiger partial charge in [0.05, 0.1) is 11.9 Å². The zero-order chi connectivity index (χ0) is 19.0. The number of likely N-dealkylation sites (tertiary alicyclic amines) is 1. The van der Waals surface area contributed by atoms with E-state index in [0.717, 1.165) is 29.6 Å². The SMILES string of the molecule is C[C@H]1CCC[C@H](C)N1C(=O)Cn1nnc2c(cnn2-c2ccccc2)c1=O. The lowest BCUT2D eigenvalue weighted by Gasteiger charge is -2.39. The lowest BCUT2D eigenvalue weighted by molar-refractivity contribution is -0.138. The van der Waals surface area contributed by atoms with Gasteiger partial charge in [-0.2, -0.15) is 5.10 Å². The van der Waals surface area contributed by atoms with Gasteiger partial charge in [-0.25, -0.2) is 9.36 Å². The van der Waals surface area contributed by atoms with Crippen molar-refractivity contribution in [1.82, 2.24) is 29.7 Å². The number of hydrogen-bond donors (Lipinski definition) is 0. The van der Waals surface area contributed by atoms with E-state index in [4.69, 9.17) is 0 Å². The molecule has 1 aliphatic rings. The first-order chi connectivity index (χ1) is 13.1. The third-order valence-corrected chi connectivity index (χ3v) is 5.22. The Morgan fingerprint density at radius 2 is 1.85 bits per heavy atom. The second kappa shape index (κ2) is 6.94. The molecular weight excluding hydrogens is 344 g/mol. The zero-order valence-corrected chi connectivity index (χ0v) is 15.4. The van der Waals surface area contributed by atoms with E-state index in [0.29, 0.717) is 11.0 Å². The molecule has 27 heavy (non-hydrogen) atoms. The summed E-state index contributed by atoms with van der Waals surface area (Å²) in [6.07, 6.45) is 4.57. The minimum Gasteiger partial charge on any atom is -0.336 e. The maximum Gasteiger partial charge on any atom is 0.281 e. The van der Waals surface area contributed by atoms with Crippen LogP contribution in [0.4, 0.5) is 0 Å². The lowest BCUT2D eigenvalue weighted by atomic mass is 9.97. The number of piperidine rings is 1. The van der Waals surface area contributed by atoms with Crippen molar-refractivity contribution in [3.8, 4) is 5.69 Å². The Kier molecular flexibility index (Phi) is 4.47. The van der Waals surface area contributed by atoms with Gasteiger partial charge in [-0.3, -0.25) is 9.59 Å². The predicted octanol–water partition coefficient (Wildman–Crippen LogP) is 1.77. The molecule has 140 valence electrons. The van der Waals surface area contributed by atoms with E-state index in [1.54, 1.807) is 4.68 Å². The van der Waals surface area contributed by atoms with E-state index in [2.05, 4.69) is 29.3 Å². The molecule has 8 nitrogen and oxygen atoms in total. The third kappa shape index (κ3) is 3.11. The van der Waals surface area contributed by atoms with Gasteiger partial charge >= 0.3 is 0 Å². The van der Waals surface area contributed by atoms with Crippen molar-refractivity contribution < 1.29 is 4.79 Å². The van der Waals surface area contributed by atoms with Crippen LogP contribution in [0.3, 0.4) is 0 Å². The number of aromatic nitrogens is 5. The molecule has 2 atom stereocenters. The molecule has 1 saturated heterocycles. The summed E-state index contributed by atoms with van der Waals surface area (Å²) in [6.45, 7) is 4.00. The van der Waals surface area contributed by atoms with Crippen molar-refractivity contribution in [2.24, 2.45) is 0 Å². The van der Waals surface area contributed by atoms with Crippen LogP contribution < -0.4 is 5.56 Å². The first kappa shape index (κ1) is 17.4. The van der Waals surface area contributed by atoms with Gasteiger partial charge in [0.2, 0.25) is 5.91 Å². The maximum absolute atomic E-state index is 12.8. The van der Waals surface area contributed by atoms with Crippen LogP contribution in [0.25, 0.3) is 16.7 Å². The zero-order valence-electron chi connectivity index (χ0n) is 15.4. The number of nitrogens with zero attached hydrogens (tertiary/aromatic N) is 6. The first-order valence-corrected chi connectivity index (χ1v) is 9.24. The molecule has 0 N–H and O–H groups in total. The van der Waals surface area contributed by atoms with E-state index in [-0.39, 0.29) is 30.1 Å². The third-order valence-electron chi connectivity index (χ3n) is 5.22. The Labute approximate surface area is 156 Å². The number of fused-ring (bicyclic) bond motifs is 1. The molecule has 0 aliphatic carbocycles. The van der Waals surface area contributed by atoms with Crippen LogP contribution in [0.5, 0.6) is 0 Å². The Morgan fingerprint density at radius 3 is 2.56 bits per heavy atom. The molecule has 0 radical (unpaired) electrons. The number of rotatable bonds is 3. The highest BCUT2D eigenvalue weighted by Crippen LogP contribution is 2.22. The lowest BCUT2D eigenvalue weighted by Crippen LogP contribution is -2.49. The number of para-hydroxylation sites is 1. The summed E-state index contributed by atoms with van der Waals surface area (Å²) >= 11 is 0. The van der Waals surface area contributed by atoms with Gasteiger partial charge in [-0.1, -0.05) is 23.4 Å². The average Bonchev–Trinajstić information content (AvgIpc) is 3.09.